The second-order valence-corrected chi connectivity index (χ2v) is 6.34. The molecule has 0 saturated heterocycles. The molecule has 0 bridgehead atoms. The van der Waals surface area contributed by atoms with Crippen LogP contribution >= 0.6 is 0 Å². The van der Waals surface area contributed by atoms with Gasteiger partial charge in [0.25, 0.3) is 0 Å². The molecule has 1 unspecified atom stereocenters. The van der Waals surface area contributed by atoms with Crippen molar-refractivity contribution in [1.82, 2.24) is 0 Å². The molecule has 0 heterocycles. The molecule has 0 aliphatic heterocycles. The third kappa shape index (κ3) is 5.75. The molecule has 0 radical (unpaired) electrons. The average Bonchev–Trinajstić information content (AvgIpc) is 3.08. The summed E-state index contributed by atoms with van der Waals surface area (Å²) in [6.45, 7) is 6.04. The second kappa shape index (κ2) is 9.21. The molecule has 5 atom stereocenters. The van der Waals surface area contributed by atoms with Gasteiger partial charge in [0.05, 0.1) is 31.5 Å². The summed E-state index contributed by atoms with van der Waals surface area (Å²) in [4.78, 5) is 11.1. The minimum Gasteiger partial charge on any atom is -0.460 e. The van der Waals surface area contributed by atoms with Gasteiger partial charge in [0.15, 0.2) is 0 Å². The van der Waals surface area contributed by atoms with Crippen molar-refractivity contribution in [3.8, 4) is 0 Å². The topological polar surface area (TPSA) is 65.0 Å². The molecule has 2 aliphatic rings. The van der Waals surface area contributed by atoms with Gasteiger partial charge in [-0.05, 0) is 38.0 Å². The van der Waals surface area contributed by atoms with Crippen molar-refractivity contribution < 1.29 is 24.1 Å². The number of hydrogen-bond donors (Lipinski definition) is 1. The van der Waals surface area contributed by atoms with Crippen molar-refractivity contribution in [1.29, 1.82) is 0 Å². The van der Waals surface area contributed by atoms with Crippen molar-refractivity contribution in [3.05, 3.63) is 24.8 Å². The van der Waals surface area contributed by atoms with Gasteiger partial charge < -0.3 is 19.3 Å². The monoisotopic (exact) mass is 324 g/mol. The van der Waals surface area contributed by atoms with Gasteiger partial charge in [0.1, 0.15) is 6.10 Å². The maximum atomic E-state index is 11.1. The highest BCUT2D eigenvalue weighted by molar-refractivity contribution is 5.66. The molecule has 0 spiro atoms. The Morgan fingerprint density at radius 1 is 1.17 bits per heavy atom. The van der Waals surface area contributed by atoms with Gasteiger partial charge in [0.2, 0.25) is 0 Å². The lowest BCUT2D eigenvalue weighted by Gasteiger charge is -2.19. The van der Waals surface area contributed by atoms with Crippen LogP contribution in [0.1, 0.15) is 39.0 Å². The van der Waals surface area contributed by atoms with Crippen LogP contribution in [0.3, 0.4) is 0 Å². The molecule has 0 aromatic heterocycles. The lowest BCUT2D eigenvalue weighted by molar-refractivity contribution is -0.152. The number of rotatable bonds is 8. The van der Waals surface area contributed by atoms with Crippen molar-refractivity contribution in [2.75, 3.05) is 13.2 Å². The Labute approximate surface area is 138 Å². The fourth-order valence-corrected chi connectivity index (χ4v) is 3.40. The number of carbonyl (C=O) groups excluding carboxylic acids is 1. The van der Waals surface area contributed by atoms with E-state index >= 15 is 0 Å². The highest BCUT2D eigenvalue weighted by Crippen LogP contribution is 2.29. The maximum Gasteiger partial charge on any atom is 0.302 e. The van der Waals surface area contributed by atoms with Crippen molar-refractivity contribution in [2.45, 2.75) is 63.4 Å². The van der Waals surface area contributed by atoms with Crippen molar-refractivity contribution in [3.63, 3.8) is 0 Å². The van der Waals surface area contributed by atoms with E-state index in [0.29, 0.717) is 19.1 Å². The predicted molar refractivity (Wildman–Crippen MR) is 87.0 cm³/mol. The second-order valence-electron chi connectivity index (χ2n) is 6.34. The Morgan fingerprint density at radius 3 is 2.65 bits per heavy atom. The third-order valence-corrected chi connectivity index (χ3v) is 4.46. The Balaban J connectivity index is 1.68. The molecule has 0 aromatic rings. The molecule has 2 aliphatic carbocycles. The Hall–Kier alpha value is -1.17. The smallest absolute Gasteiger partial charge is 0.302 e. The Morgan fingerprint density at radius 2 is 1.91 bits per heavy atom. The van der Waals surface area contributed by atoms with Crippen LogP contribution in [0.2, 0.25) is 0 Å². The fraction of sp³-hybridized carbons (Fsp3) is 0.722. The van der Waals surface area contributed by atoms with Gasteiger partial charge in [-0.3, -0.25) is 4.79 Å². The summed E-state index contributed by atoms with van der Waals surface area (Å²) >= 11 is 0. The van der Waals surface area contributed by atoms with Crippen LogP contribution in [0.4, 0.5) is 0 Å². The summed E-state index contributed by atoms with van der Waals surface area (Å²) in [5.74, 6) is 0.0720. The largest absolute Gasteiger partial charge is 0.460 e. The predicted octanol–water partition coefficient (Wildman–Crippen LogP) is 2.39. The van der Waals surface area contributed by atoms with Gasteiger partial charge >= 0.3 is 5.97 Å². The number of allylic oxidation sites excluding steroid dienone is 1. The molecule has 2 rings (SSSR count). The first-order chi connectivity index (χ1) is 11.1. The van der Waals surface area contributed by atoms with Gasteiger partial charge in [-0.1, -0.05) is 18.2 Å². The van der Waals surface area contributed by atoms with Crippen LogP contribution in [0, 0.1) is 5.92 Å². The van der Waals surface area contributed by atoms with Crippen molar-refractivity contribution >= 4 is 5.97 Å². The molecule has 2 saturated carbocycles. The molecule has 5 heteroatoms. The SMILES string of the molecule is C=CCO[C@@H]1CC(/C=C/CO[C@H]2CCC[C@@H]2OC(C)=O)C[C@H]1O. The summed E-state index contributed by atoms with van der Waals surface area (Å²) in [6.07, 6.45) is 9.56. The van der Waals surface area contributed by atoms with Gasteiger partial charge in [-0.2, -0.15) is 0 Å². The zero-order chi connectivity index (χ0) is 16.7. The minimum absolute atomic E-state index is 0.00129. The molecule has 1 N–H and O–H groups in total. The van der Waals surface area contributed by atoms with E-state index < -0.39 is 6.10 Å². The van der Waals surface area contributed by atoms with Gasteiger partial charge in [-0.25, -0.2) is 0 Å². The maximum absolute atomic E-state index is 11.1. The van der Waals surface area contributed by atoms with Crippen LogP contribution in [0.15, 0.2) is 24.8 Å². The highest BCUT2D eigenvalue weighted by Gasteiger charge is 2.32. The van der Waals surface area contributed by atoms with Crippen LogP contribution < -0.4 is 0 Å². The van der Waals surface area contributed by atoms with Gasteiger partial charge in [0, 0.05) is 6.92 Å². The first-order valence-electron chi connectivity index (χ1n) is 8.46. The number of ether oxygens (including phenoxy) is 3. The normalized spacial score (nSPS) is 34.1. The highest BCUT2D eigenvalue weighted by atomic mass is 16.6. The summed E-state index contributed by atoms with van der Waals surface area (Å²) in [5, 5.41) is 9.96. The van der Waals surface area contributed by atoms with E-state index in [1.54, 1.807) is 6.08 Å². The van der Waals surface area contributed by atoms with E-state index in [0.717, 1.165) is 32.1 Å². The third-order valence-electron chi connectivity index (χ3n) is 4.46. The minimum atomic E-state index is -0.409. The van der Waals surface area contributed by atoms with E-state index in [2.05, 4.69) is 12.7 Å². The molecule has 0 amide bonds. The summed E-state index contributed by atoms with van der Waals surface area (Å²) in [7, 11) is 0. The van der Waals surface area contributed by atoms with E-state index in [1.807, 2.05) is 6.08 Å². The lowest BCUT2D eigenvalue weighted by Crippen LogP contribution is -2.27. The van der Waals surface area contributed by atoms with E-state index in [1.165, 1.54) is 6.92 Å². The standard InChI is InChI=1S/C18H28O5/c1-3-9-21-18-12-14(11-15(18)20)6-5-10-22-16-7-4-8-17(16)23-13(2)19/h3,5-6,14-18,20H,1,4,7-12H2,2H3/b6-5+/t14?,15-,16+,17+,18-/m1/s1. The van der Waals surface area contributed by atoms with Crippen LogP contribution in [-0.2, 0) is 19.0 Å². The number of aliphatic hydroxyl groups is 1. The molecule has 5 nitrogen and oxygen atoms in total. The number of carbonyl (C=O) groups is 1. The molecular weight excluding hydrogens is 296 g/mol. The molecule has 23 heavy (non-hydrogen) atoms. The zero-order valence-corrected chi connectivity index (χ0v) is 13.9. The van der Waals surface area contributed by atoms with Gasteiger partial charge in [-0.15, -0.1) is 6.58 Å². The summed E-state index contributed by atoms with van der Waals surface area (Å²) in [6, 6.07) is 0. The van der Waals surface area contributed by atoms with E-state index in [-0.39, 0.29) is 24.3 Å². The molecule has 130 valence electrons. The summed E-state index contributed by atoms with van der Waals surface area (Å²) < 4.78 is 16.6. The van der Waals surface area contributed by atoms with E-state index in [9.17, 15) is 9.90 Å². The fourth-order valence-electron chi connectivity index (χ4n) is 3.40. The Kier molecular flexibility index (Phi) is 7.27. The molecule has 0 aromatic carbocycles. The van der Waals surface area contributed by atoms with E-state index in [4.69, 9.17) is 14.2 Å². The van der Waals surface area contributed by atoms with Crippen molar-refractivity contribution in [2.24, 2.45) is 5.92 Å². The number of aliphatic hydroxyl groups excluding tert-OH is 1. The number of hydrogen-bond acceptors (Lipinski definition) is 5. The first kappa shape index (κ1) is 18.2. The van der Waals surface area contributed by atoms with Crippen LogP contribution in [-0.4, -0.2) is 48.7 Å². The zero-order valence-electron chi connectivity index (χ0n) is 13.9. The number of esters is 1. The summed E-state index contributed by atoms with van der Waals surface area (Å²) in [5.41, 5.74) is 0. The molecular formula is C18H28O5. The Bertz CT molecular complexity index is 420. The lowest BCUT2D eigenvalue weighted by atomic mass is 10.1. The molecule has 2 fully saturated rings. The average molecular weight is 324 g/mol. The van der Waals surface area contributed by atoms with Crippen LogP contribution in [0.5, 0.6) is 0 Å². The quantitative estimate of drug-likeness (QED) is 0.548. The van der Waals surface area contributed by atoms with Crippen LogP contribution in [0.25, 0.3) is 0 Å². The first-order valence-corrected chi connectivity index (χ1v) is 8.46.